The molecule has 15 heavy (non-hydrogen) atoms. The second-order valence-corrected chi connectivity index (χ2v) is 2.73. The Morgan fingerprint density at radius 2 is 2.33 bits per heavy atom. The Labute approximate surface area is 85.3 Å². The minimum Gasteiger partial charge on any atom is -0.359 e. The molecule has 1 amide bonds. The predicted octanol–water partition coefficient (Wildman–Crippen LogP) is 0.135. The molecule has 0 atom stereocenters. The van der Waals surface area contributed by atoms with Gasteiger partial charge in [0.1, 0.15) is 11.9 Å². The van der Waals surface area contributed by atoms with Crippen molar-refractivity contribution in [2.45, 2.75) is 6.92 Å². The van der Waals surface area contributed by atoms with Gasteiger partial charge in [0.15, 0.2) is 0 Å². The van der Waals surface area contributed by atoms with Crippen LogP contribution in [0.5, 0.6) is 0 Å². The number of hydrogen-bond donors (Lipinski definition) is 1. The van der Waals surface area contributed by atoms with Gasteiger partial charge in [0, 0.05) is 12.0 Å². The summed E-state index contributed by atoms with van der Waals surface area (Å²) in [6, 6.07) is 1.33. The van der Waals surface area contributed by atoms with Crippen LogP contribution >= 0.6 is 0 Å². The first-order valence-corrected chi connectivity index (χ1v) is 3.93. The van der Waals surface area contributed by atoms with E-state index >= 15 is 0 Å². The zero-order valence-electron chi connectivity index (χ0n) is 7.85. The molecule has 0 aliphatic rings. The molecule has 0 aliphatic carbocycles. The Morgan fingerprint density at radius 3 is 2.80 bits per heavy atom. The monoisotopic (exact) mass is 205 g/mol. The zero-order valence-corrected chi connectivity index (χ0v) is 7.85. The number of aryl methyl sites for hydroxylation is 1. The molecule has 0 spiro atoms. The van der Waals surface area contributed by atoms with E-state index in [-0.39, 0.29) is 5.69 Å². The molecule has 0 radical (unpaired) electrons. The van der Waals surface area contributed by atoms with E-state index in [4.69, 9.17) is 5.73 Å². The SMILES string of the molecule is Cc1cc([N+](=O)[O-])cnc1C#CC(N)=O. The second-order valence-electron chi connectivity index (χ2n) is 2.73. The molecule has 1 rings (SSSR count). The maximum absolute atomic E-state index is 10.4. The van der Waals surface area contributed by atoms with Gasteiger partial charge in [0.2, 0.25) is 0 Å². The van der Waals surface area contributed by atoms with Crippen LogP contribution in [0.15, 0.2) is 12.3 Å². The van der Waals surface area contributed by atoms with Crippen LogP contribution in [-0.4, -0.2) is 15.8 Å². The first kappa shape index (κ1) is 10.7. The lowest BCUT2D eigenvalue weighted by Gasteiger charge is -1.95. The minimum atomic E-state index is -0.769. The van der Waals surface area contributed by atoms with Crippen molar-refractivity contribution >= 4 is 11.6 Å². The Bertz CT molecular complexity index is 485. The van der Waals surface area contributed by atoms with Crippen molar-refractivity contribution in [3.63, 3.8) is 0 Å². The average Bonchev–Trinajstić information content (AvgIpc) is 2.15. The van der Waals surface area contributed by atoms with Gasteiger partial charge in [-0.2, -0.15) is 0 Å². The third kappa shape index (κ3) is 2.77. The van der Waals surface area contributed by atoms with Crippen molar-refractivity contribution in [2.24, 2.45) is 5.73 Å². The van der Waals surface area contributed by atoms with E-state index in [1.165, 1.54) is 6.07 Å². The molecule has 0 aromatic carbocycles. The van der Waals surface area contributed by atoms with Crippen molar-refractivity contribution in [3.8, 4) is 11.8 Å². The average molecular weight is 205 g/mol. The summed E-state index contributed by atoms with van der Waals surface area (Å²) in [5.41, 5.74) is 5.54. The van der Waals surface area contributed by atoms with Crippen molar-refractivity contribution in [3.05, 3.63) is 33.6 Å². The molecule has 2 N–H and O–H groups in total. The summed E-state index contributed by atoms with van der Waals surface area (Å²) < 4.78 is 0. The molecular formula is C9H7N3O3. The summed E-state index contributed by atoms with van der Waals surface area (Å²) in [6.45, 7) is 1.62. The lowest BCUT2D eigenvalue weighted by Crippen LogP contribution is -2.06. The summed E-state index contributed by atoms with van der Waals surface area (Å²) in [4.78, 5) is 24.0. The highest BCUT2D eigenvalue weighted by molar-refractivity contribution is 5.92. The molecule has 6 heteroatoms. The fraction of sp³-hybridized carbons (Fsp3) is 0.111. The van der Waals surface area contributed by atoms with E-state index in [2.05, 4.69) is 16.8 Å². The highest BCUT2D eigenvalue weighted by Crippen LogP contribution is 2.13. The van der Waals surface area contributed by atoms with Gasteiger partial charge in [-0.1, -0.05) is 0 Å². The fourth-order valence-corrected chi connectivity index (χ4v) is 0.911. The third-order valence-electron chi connectivity index (χ3n) is 1.58. The molecule has 0 unspecified atom stereocenters. The Kier molecular flexibility index (Phi) is 2.98. The molecular weight excluding hydrogens is 198 g/mol. The number of amides is 1. The number of nitro groups is 1. The lowest BCUT2D eigenvalue weighted by molar-refractivity contribution is -0.385. The number of pyridine rings is 1. The number of hydrogen-bond acceptors (Lipinski definition) is 4. The van der Waals surface area contributed by atoms with E-state index in [1.54, 1.807) is 6.92 Å². The fourth-order valence-electron chi connectivity index (χ4n) is 0.911. The van der Waals surface area contributed by atoms with Crippen LogP contribution in [0, 0.1) is 28.9 Å². The van der Waals surface area contributed by atoms with Crippen LogP contribution in [0.2, 0.25) is 0 Å². The zero-order chi connectivity index (χ0) is 11.4. The number of carbonyl (C=O) groups is 1. The highest BCUT2D eigenvalue weighted by atomic mass is 16.6. The molecule has 0 saturated heterocycles. The molecule has 0 fully saturated rings. The van der Waals surface area contributed by atoms with Gasteiger partial charge < -0.3 is 5.73 Å². The molecule has 0 bridgehead atoms. The van der Waals surface area contributed by atoms with Crippen molar-refractivity contribution in [1.29, 1.82) is 0 Å². The lowest BCUT2D eigenvalue weighted by atomic mass is 10.2. The van der Waals surface area contributed by atoms with Gasteiger partial charge in [-0.05, 0) is 18.4 Å². The minimum absolute atomic E-state index is 0.114. The van der Waals surface area contributed by atoms with Gasteiger partial charge in [0.05, 0.1) is 4.92 Å². The quantitative estimate of drug-likeness (QED) is 0.400. The molecule has 6 nitrogen and oxygen atoms in total. The molecule has 1 heterocycles. The predicted molar refractivity (Wildman–Crippen MR) is 51.7 cm³/mol. The molecule has 0 saturated carbocycles. The van der Waals surface area contributed by atoms with Crippen LogP contribution in [0.1, 0.15) is 11.3 Å². The van der Waals surface area contributed by atoms with E-state index < -0.39 is 10.8 Å². The number of aromatic nitrogens is 1. The Balaban J connectivity index is 3.10. The Morgan fingerprint density at radius 1 is 1.67 bits per heavy atom. The Hall–Kier alpha value is -2.42. The van der Waals surface area contributed by atoms with Crippen LogP contribution in [-0.2, 0) is 4.79 Å². The van der Waals surface area contributed by atoms with Crippen LogP contribution in [0.25, 0.3) is 0 Å². The first-order valence-electron chi connectivity index (χ1n) is 3.93. The van der Waals surface area contributed by atoms with Crippen molar-refractivity contribution < 1.29 is 9.72 Å². The summed E-state index contributed by atoms with van der Waals surface area (Å²) in [5.74, 6) is 3.76. The number of carbonyl (C=O) groups excluding carboxylic acids is 1. The highest BCUT2D eigenvalue weighted by Gasteiger charge is 2.07. The number of rotatable bonds is 1. The maximum Gasteiger partial charge on any atom is 0.293 e. The smallest absolute Gasteiger partial charge is 0.293 e. The molecule has 1 aromatic rings. The third-order valence-corrected chi connectivity index (χ3v) is 1.58. The van der Waals surface area contributed by atoms with Gasteiger partial charge in [-0.15, -0.1) is 0 Å². The number of primary amides is 1. The summed E-state index contributed by atoms with van der Waals surface area (Å²) in [6.07, 6.45) is 1.08. The van der Waals surface area contributed by atoms with E-state index in [1.807, 2.05) is 0 Å². The van der Waals surface area contributed by atoms with Crippen LogP contribution in [0.3, 0.4) is 0 Å². The summed E-state index contributed by atoms with van der Waals surface area (Å²) >= 11 is 0. The standard InChI is InChI=1S/C9H7N3O3/c1-6-4-7(12(14)15)5-11-8(6)2-3-9(10)13/h4-5H,1H3,(H2,10,13). The van der Waals surface area contributed by atoms with E-state index in [0.29, 0.717) is 11.3 Å². The maximum atomic E-state index is 10.4. The molecule has 76 valence electrons. The van der Waals surface area contributed by atoms with Gasteiger partial charge in [-0.25, -0.2) is 4.98 Å². The summed E-state index contributed by atoms with van der Waals surface area (Å²) in [5, 5.41) is 10.4. The van der Waals surface area contributed by atoms with E-state index in [9.17, 15) is 14.9 Å². The van der Waals surface area contributed by atoms with Gasteiger partial charge in [-0.3, -0.25) is 14.9 Å². The molecule has 1 aromatic heterocycles. The second kappa shape index (κ2) is 4.19. The van der Waals surface area contributed by atoms with Crippen molar-refractivity contribution in [1.82, 2.24) is 4.98 Å². The van der Waals surface area contributed by atoms with Gasteiger partial charge in [0.25, 0.3) is 11.6 Å². The van der Waals surface area contributed by atoms with Crippen LogP contribution in [0.4, 0.5) is 5.69 Å². The van der Waals surface area contributed by atoms with Crippen LogP contribution < -0.4 is 5.73 Å². The molecule has 0 aliphatic heterocycles. The van der Waals surface area contributed by atoms with Crippen molar-refractivity contribution in [2.75, 3.05) is 0 Å². The van der Waals surface area contributed by atoms with E-state index in [0.717, 1.165) is 6.20 Å². The number of nitrogens with zero attached hydrogens (tertiary/aromatic N) is 2. The first-order chi connectivity index (χ1) is 7.00. The summed E-state index contributed by atoms with van der Waals surface area (Å²) in [7, 11) is 0. The topological polar surface area (TPSA) is 99.1 Å². The normalized spacial score (nSPS) is 8.87. The number of nitrogens with two attached hydrogens (primary N) is 1. The largest absolute Gasteiger partial charge is 0.359 e. The van der Waals surface area contributed by atoms with Gasteiger partial charge >= 0.3 is 0 Å².